The Morgan fingerprint density at radius 1 is 1.50 bits per heavy atom. The van der Waals surface area contributed by atoms with Gasteiger partial charge in [-0.05, 0) is 43.2 Å². The van der Waals surface area contributed by atoms with Gasteiger partial charge in [-0.25, -0.2) is 0 Å². The van der Waals surface area contributed by atoms with E-state index in [2.05, 4.69) is 17.1 Å². The van der Waals surface area contributed by atoms with Gasteiger partial charge in [-0.3, -0.25) is 9.78 Å². The molecule has 0 saturated carbocycles. The van der Waals surface area contributed by atoms with Crippen molar-refractivity contribution < 1.29 is 9.53 Å². The van der Waals surface area contributed by atoms with E-state index in [0.29, 0.717) is 18.9 Å². The van der Waals surface area contributed by atoms with E-state index < -0.39 is 0 Å². The number of carbonyl (C=O) groups is 1. The minimum Gasteiger partial charge on any atom is -0.466 e. The molecular weight excluding hydrogens is 226 g/mol. The molecule has 0 bridgehead atoms. The van der Waals surface area contributed by atoms with Crippen molar-refractivity contribution in [2.24, 2.45) is 5.92 Å². The quantitative estimate of drug-likeness (QED) is 0.439. The topological polar surface area (TPSA) is 39.2 Å². The molecule has 0 N–H and O–H groups in total. The lowest BCUT2D eigenvalue weighted by atomic mass is 10.1. The summed E-state index contributed by atoms with van der Waals surface area (Å²) in [5.41, 5.74) is 1.19. The predicted molar refractivity (Wildman–Crippen MR) is 70.0 cm³/mol. The van der Waals surface area contributed by atoms with Crippen LogP contribution in [0.5, 0.6) is 0 Å². The van der Waals surface area contributed by atoms with Crippen LogP contribution in [0.15, 0.2) is 36.7 Å². The molecule has 3 heteroatoms. The molecule has 0 radical (unpaired) electrons. The Morgan fingerprint density at radius 2 is 2.44 bits per heavy atom. The molecule has 1 aromatic heterocycles. The first-order chi connectivity index (χ1) is 8.84. The molecule has 1 aliphatic carbocycles. The summed E-state index contributed by atoms with van der Waals surface area (Å²) in [5.74, 6) is 0.327. The van der Waals surface area contributed by atoms with Crippen LogP contribution in [-0.4, -0.2) is 17.6 Å². The highest BCUT2D eigenvalue weighted by Crippen LogP contribution is 2.20. The number of aromatic nitrogens is 1. The number of allylic oxidation sites excluding steroid dienone is 2. The maximum Gasteiger partial charge on any atom is 0.306 e. The maximum atomic E-state index is 11.5. The van der Waals surface area contributed by atoms with Crippen molar-refractivity contribution in [3.8, 4) is 0 Å². The summed E-state index contributed by atoms with van der Waals surface area (Å²) in [7, 11) is 0. The lowest BCUT2D eigenvalue weighted by Gasteiger charge is -2.08. The molecule has 3 nitrogen and oxygen atoms in total. The number of hydrogen-bond donors (Lipinski definition) is 0. The van der Waals surface area contributed by atoms with Gasteiger partial charge in [-0.15, -0.1) is 0 Å². The van der Waals surface area contributed by atoms with E-state index in [1.165, 1.54) is 5.56 Å². The molecule has 0 fully saturated rings. The van der Waals surface area contributed by atoms with Crippen LogP contribution in [0, 0.1) is 5.92 Å². The molecule has 1 aromatic rings. The summed E-state index contributed by atoms with van der Waals surface area (Å²) in [6.07, 6.45) is 12.4. The molecule has 1 atom stereocenters. The molecule has 18 heavy (non-hydrogen) atoms. The summed E-state index contributed by atoms with van der Waals surface area (Å²) >= 11 is 0. The first kappa shape index (κ1) is 12.8. The smallest absolute Gasteiger partial charge is 0.306 e. The molecule has 1 aliphatic rings. The van der Waals surface area contributed by atoms with Crippen molar-refractivity contribution in [3.05, 3.63) is 42.2 Å². The standard InChI is InChI=1S/C15H19NO2/c17-15(11-13-5-1-2-6-13)18-10-4-8-14-7-3-9-16-12-14/h1,3,5,7,9,12-13H,2,4,6,8,10-11H2. The third-order valence-corrected chi connectivity index (χ3v) is 3.14. The molecule has 0 aliphatic heterocycles. The Morgan fingerprint density at radius 3 is 3.17 bits per heavy atom. The Bertz CT molecular complexity index is 400. The van der Waals surface area contributed by atoms with E-state index in [1.54, 1.807) is 6.20 Å². The molecule has 0 amide bonds. The normalized spacial score (nSPS) is 17.9. The van der Waals surface area contributed by atoms with Gasteiger partial charge in [0, 0.05) is 12.4 Å². The lowest BCUT2D eigenvalue weighted by Crippen LogP contribution is -2.10. The monoisotopic (exact) mass is 245 g/mol. The molecule has 1 unspecified atom stereocenters. The third kappa shape index (κ3) is 4.32. The number of aryl methyl sites for hydroxylation is 1. The molecule has 0 aromatic carbocycles. The second-order valence-electron chi connectivity index (χ2n) is 4.66. The van der Waals surface area contributed by atoms with Gasteiger partial charge in [-0.2, -0.15) is 0 Å². The highest BCUT2D eigenvalue weighted by Gasteiger charge is 2.14. The van der Waals surface area contributed by atoms with E-state index in [1.807, 2.05) is 18.3 Å². The van der Waals surface area contributed by atoms with Gasteiger partial charge in [-0.1, -0.05) is 18.2 Å². The zero-order valence-corrected chi connectivity index (χ0v) is 10.5. The average molecular weight is 245 g/mol. The molecule has 96 valence electrons. The molecule has 1 heterocycles. The van der Waals surface area contributed by atoms with Gasteiger partial charge in [0.1, 0.15) is 0 Å². The molecule has 0 saturated heterocycles. The predicted octanol–water partition coefficient (Wildman–Crippen LogP) is 2.91. The maximum absolute atomic E-state index is 11.5. The fraction of sp³-hybridized carbons (Fsp3) is 0.467. The van der Waals surface area contributed by atoms with Crippen LogP contribution in [0.3, 0.4) is 0 Å². The highest BCUT2D eigenvalue weighted by molar-refractivity contribution is 5.70. The molecular formula is C15H19NO2. The third-order valence-electron chi connectivity index (χ3n) is 3.14. The Labute approximate surface area is 108 Å². The van der Waals surface area contributed by atoms with Gasteiger partial charge in [0.05, 0.1) is 13.0 Å². The van der Waals surface area contributed by atoms with E-state index in [9.17, 15) is 4.79 Å². The first-order valence-corrected chi connectivity index (χ1v) is 6.56. The van der Waals surface area contributed by atoms with Crippen LogP contribution in [0.25, 0.3) is 0 Å². The van der Waals surface area contributed by atoms with E-state index in [0.717, 1.165) is 25.7 Å². The minimum absolute atomic E-state index is 0.0715. The zero-order valence-electron chi connectivity index (χ0n) is 10.5. The number of pyridine rings is 1. The zero-order chi connectivity index (χ0) is 12.6. The van der Waals surface area contributed by atoms with Gasteiger partial charge in [0.2, 0.25) is 0 Å². The molecule has 2 rings (SSSR count). The first-order valence-electron chi connectivity index (χ1n) is 6.56. The fourth-order valence-corrected chi connectivity index (χ4v) is 2.15. The van der Waals surface area contributed by atoms with Crippen molar-refractivity contribution in [3.63, 3.8) is 0 Å². The van der Waals surface area contributed by atoms with Crippen molar-refractivity contribution >= 4 is 5.97 Å². The van der Waals surface area contributed by atoms with Gasteiger partial charge < -0.3 is 4.74 Å². The Hall–Kier alpha value is -1.64. The van der Waals surface area contributed by atoms with Crippen LogP contribution in [0.1, 0.15) is 31.2 Å². The number of esters is 1. The number of nitrogens with zero attached hydrogens (tertiary/aromatic N) is 1. The minimum atomic E-state index is -0.0715. The largest absolute Gasteiger partial charge is 0.466 e. The van der Waals surface area contributed by atoms with Crippen molar-refractivity contribution in [2.45, 2.75) is 32.1 Å². The highest BCUT2D eigenvalue weighted by atomic mass is 16.5. The van der Waals surface area contributed by atoms with Crippen molar-refractivity contribution in [1.29, 1.82) is 0 Å². The van der Waals surface area contributed by atoms with Crippen molar-refractivity contribution in [1.82, 2.24) is 4.98 Å². The number of hydrogen-bond acceptors (Lipinski definition) is 3. The van der Waals surface area contributed by atoms with Gasteiger partial charge in [0.15, 0.2) is 0 Å². The van der Waals surface area contributed by atoms with E-state index in [-0.39, 0.29) is 5.97 Å². The van der Waals surface area contributed by atoms with Crippen LogP contribution in [0.4, 0.5) is 0 Å². The van der Waals surface area contributed by atoms with Crippen molar-refractivity contribution in [2.75, 3.05) is 6.61 Å². The molecule has 0 spiro atoms. The number of carbonyl (C=O) groups excluding carboxylic acids is 1. The number of rotatable bonds is 6. The van der Waals surface area contributed by atoms with Crippen LogP contribution in [-0.2, 0) is 16.0 Å². The van der Waals surface area contributed by atoms with E-state index >= 15 is 0 Å². The average Bonchev–Trinajstić information content (AvgIpc) is 2.89. The van der Waals surface area contributed by atoms with Crippen LogP contribution < -0.4 is 0 Å². The number of ether oxygens (including phenoxy) is 1. The summed E-state index contributed by atoms with van der Waals surface area (Å²) in [6.45, 7) is 0.504. The summed E-state index contributed by atoms with van der Waals surface area (Å²) in [4.78, 5) is 15.6. The Kier molecular flexibility index (Phi) is 4.94. The van der Waals surface area contributed by atoms with Gasteiger partial charge >= 0.3 is 5.97 Å². The van der Waals surface area contributed by atoms with E-state index in [4.69, 9.17) is 4.74 Å². The van der Waals surface area contributed by atoms with Crippen LogP contribution >= 0.6 is 0 Å². The van der Waals surface area contributed by atoms with Crippen LogP contribution in [0.2, 0.25) is 0 Å². The second kappa shape index (κ2) is 6.94. The fourth-order valence-electron chi connectivity index (χ4n) is 2.15. The summed E-state index contributed by atoms with van der Waals surface area (Å²) < 4.78 is 5.23. The van der Waals surface area contributed by atoms with Gasteiger partial charge in [0.25, 0.3) is 0 Å². The second-order valence-corrected chi connectivity index (χ2v) is 4.66. The lowest BCUT2D eigenvalue weighted by molar-refractivity contribution is -0.144. The summed E-state index contributed by atoms with van der Waals surface area (Å²) in [6, 6.07) is 3.96. The Balaban J connectivity index is 1.57. The summed E-state index contributed by atoms with van der Waals surface area (Å²) in [5, 5.41) is 0. The SMILES string of the molecule is O=C(CC1C=CCC1)OCCCc1cccnc1.